The van der Waals surface area contributed by atoms with Crippen LogP contribution >= 0.6 is 0 Å². The lowest BCUT2D eigenvalue weighted by atomic mass is 9.91. The van der Waals surface area contributed by atoms with Crippen LogP contribution in [0.2, 0.25) is 0 Å². The molecule has 1 aliphatic rings. The molecule has 2 nitrogen and oxygen atoms in total. The van der Waals surface area contributed by atoms with Crippen LogP contribution in [0.4, 0.5) is 0 Å². The summed E-state index contributed by atoms with van der Waals surface area (Å²) in [6.07, 6.45) is 4.17. The molecule has 0 bridgehead atoms. The van der Waals surface area contributed by atoms with E-state index in [9.17, 15) is 0 Å². The van der Waals surface area contributed by atoms with Crippen molar-refractivity contribution in [3.05, 3.63) is 35.6 Å². The van der Waals surface area contributed by atoms with Gasteiger partial charge >= 0.3 is 0 Å². The normalized spacial score (nSPS) is 20.6. The van der Waals surface area contributed by atoms with Crippen LogP contribution in [0, 0.1) is 5.92 Å². The van der Waals surface area contributed by atoms with Crippen LogP contribution in [0.25, 0.3) is 0 Å². The molecule has 0 amide bonds. The average molecular weight is 207 g/mol. The second-order valence-corrected chi connectivity index (χ2v) is 4.46. The van der Waals surface area contributed by atoms with Crippen LogP contribution in [0.5, 0.6) is 0 Å². The summed E-state index contributed by atoms with van der Waals surface area (Å²) in [7, 11) is 0. The first-order chi connectivity index (χ1) is 7.06. The molecule has 0 unspecified atom stereocenters. The number of allylic oxidation sites excluding steroid dienone is 4. The molecule has 15 heavy (non-hydrogen) atoms. The van der Waals surface area contributed by atoms with Gasteiger partial charge in [-0.2, -0.15) is 0 Å². The van der Waals surface area contributed by atoms with Gasteiger partial charge in [0.05, 0.1) is 0 Å². The second-order valence-electron chi connectivity index (χ2n) is 4.46. The van der Waals surface area contributed by atoms with Crippen molar-refractivity contribution in [2.24, 2.45) is 5.92 Å². The molecular formula is C13H21NO. The third-order valence-electron chi connectivity index (χ3n) is 3.23. The summed E-state index contributed by atoms with van der Waals surface area (Å²) in [6, 6.07) is 0. The van der Waals surface area contributed by atoms with E-state index in [4.69, 9.17) is 5.21 Å². The zero-order chi connectivity index (χ0) is 11.4. The first kappa shape index (κ1) is 12.1. The van der Waals surface area contributed by atoms with Gasteiger partial charge in [-0.3, -0.25) is 10.7 Å². The van der Waals surface area contributed by atoms with Crippen LogP contribution in [0.3, 0.4) is 0 Å². The molecule has 1 rings (SSSR count). The van der Waals surface area contributed by atoms with Crippen molar-refractivity contribution in [1.29, 1.82) is 0 Å². The highest BCUT2D eigenvalue weighted by Gasteiger charge is 2.23. The summed E-state index contributed by atoms with van der Waals surface area (Å²) in [4.78, 5) is 0. The summed E-state index contributed by atoms with van der Waals surface area (Å²) in [5.41, 5.74) is 7.04. The van der Waals surface area contributed by atoms with Crippen molar-refractivity contribution < 1.29 is 5.21 Å². The average Bonchev–Trinajstić information content (AvgIpc) is 2.56. The number of nitrogens with one attached hydrogen (secondary N) is 1. The Hall–Kier alpha value is -1.02. The molecule has 0 aromatic heterocycles. The monoisotopic (exact) mass is 207 g/mol. The summed E-state index contributed by atoms with van der Waals surface area (Å²) >= 11 is 0. The summed E-state index contributed by atoms with van der Waals surface area (Å²) in [5.74, 6) is 0.552. The number of hydrogen-bond donors (Lipinski definition) is 2. The quantitative estimate of drug-likeness (QED) is 0.533. The molecular weight excluding hydrogens is 186 g/mol. The SMILES string of the molecule is C=C(CCC1=C(C)CC[C@H]1C(=C)C)NO. The fourth-order valence-corrected chi connectivity index (χ4v) is 2.27. The Kier molecular flexibility index (Phi) is 4.15. The predicted octanol–water partition coefficient (Wildman–Crippen LogP) is 3.56. The minimum atomic E-state index is 0.552. The third kappa shape index (κ3) is 2.96. The summed E-state index contributed by atoms with van der Waals surface area (Å²) in [6.45, 7) is 12.1. The molecule has 1 aliphatic carbocycles. The highest BCUT2D eigenvalue weighted by molar-refractivity contribution is 5.28. The van der Waals surface area contributed by atoms with Crippen molar-refractivity contribution in [2.45, 2.75) is 39.5 Å². The molecule has 84 valence electrons. The van der Waals surface area contributed by atoms with Crippen LogP contribution in [-0.2, 0) is 0 Å². The Balaban J connectivity index is 2.61. The van der Waals surface area contributed by atoms with Gasteiger partial charge < -0.3 is 0 Å². The minimum Gasteiger partial charge on any atom is -0.291 e. The molecule has 0 radical (unpaired) electrons. The molecule has 0 saturated carbocycles. The Morgan fingerprint density at radius 1 is 1.53 bits per heavy atom. The fraction of sp³-hybridized carbons (Fsp3) is 0.538. The molecule has 2 heteroatoms. The van der Waals surface area contributed by atoms with E-state index >= 15 is 0 Å². The zero-order valence-electron chi connectivity index (χ0n) is 9.77. The topological polar surface area (TPSA) is 32.3 Å². The van der Waals surface area contributed by atoms with Gasteiger partial charge in [0.15, 0.2) is 0 Å². The molecule has 0 aromatic rings. The molecule has 0 aliphatic heterocycles. The lowest BCUT2D eigenvalue weighted by Gasteiger charge is -2.16. The number of rotatable bonds is 5. The maximum Gasteiger partial charge on any atom is 0.0307 e. The Labute approximate surface area is 92.3 Å². The van der Waals surface area contributed by atoms with Gasteiger partial charge in [-0.1, -0.05) is 29.9 Å². The zero-order valence-corrected chi connectivity index (χ0v) is 9.77. The molecule has 0 heterocycles. The van der Waals surface area contributed by atoms with Gasteiger partial charge in [0.25, 0.3) is 0 Å². The highest BCUT2D eigenvalue weighted by Crippen LogP contribution is 2.38. The van der Waals surface area contributed by atoms with E-state index in [2.05, 4.69) is 32.5 Å². The Morgan fingerprint density at radius 2 is 2.20 bits per heavy atom. The van der Waals surface area contributed by atoms with Crippen LogP contribution < -0.4 is 5.48 Å². The van der Waals surface area contributed by atoms with Crippen LogP contribution in [0.15, 0.2) is 35.6 Å². The first-order valence-corrected chi connectivity index (χ1v) is 5.48. The van der Waals surface area contributed by atoms with Crippen molar-refractivity contribution in [2.75, 3.05) is 0 Å². The van der Waals surface area contributed by atoms with E-state index in [1.165, 1.54) is 29.6 Å². The van der Waals surface area contributed by atoms with E-state index in [1.807, 2.05) is 0 Å². The first-order valence-electron chi connectivity index (χ1n) is 5.48. The van der Waals surface area contributed by atoms with Gasteiger partial charge in [-0.25, -0.2) is 0 Å². The Bertz CT molecular complexity index is 302. The smallest absolute Gasteiger partial charge is 0.0307 e. The van der Waals surface area contributed by atoms with Gasteiger partial charge in [0.1, 0.15) is 0 Å². The molecule has 2 N–H and O–H groups in total. The van der Waals surface area contributed by atoms with E-state index < -0.39 is 0 Å². The van der Waals surface area contributed by atoms with Crippen molar-refractivity contribution in [3.8, 4) is 0 Å². The second kappa shape index (κ2) is 5.17. The van der Waals surface area contributed by atoms with Crippen molar-refractivity contribution in [1.82, 2.24) is 5.48 Å². The molecule has 0 saturated heterocycles. The summed E-state index contributed by atoms with van der Waals surface area (Å²) in [5, 5.41) is 8.67. The standard InChI is InChI=1S/C13H21NO/c1-9(2)12-7-5-10(3)13(12)8-6-11(4)14-15/h12,14-15H,1,4-8H2,2-3H3/t12-/m0/s1. The number of hydroxylamine groups is 1. The fourth-order valence-electron chi connectivity index (χ4n) is 2.27. The van der Waals surface area contributed by atoms with Crippen molar-refractivity contribution >= 4 is 0 Å². The molecule has 0 spiro atoms. The summed E-state index contributed by atoms with van der Waals surface area (Å²) < 4.78 is 0. The van der Waals surface area contributed by atoms with Gasteiger partial charge in [0, 0.05) is 11.6 Å². The predicted molar refractivity (Wildman–Crippen MR) is 63.5 cm³/mol. The molecule has 0 aromatic carbocycles. The highest BCUT2D eigenvalue weighted by atomic mass is 16.5. The molecule has 0 fully saturated rings. The molecule has 1 atom stereocenters. The van der Waals surface area contributed by atoms with E-state index in [-0.39, 0.29) is 0 Å². The minimum absolute atomic E-state index is 0.552. The van der Waals surface area contributed by atoms with E-state index in [1.54, 1.807) is 0 Å². The maximum atomic E-state index is 8.67. The number of hydrogen-bond acceptors (Lipinski definition) is 2. The van der Waals surface area contributed by atoms with Crippen molar-refractivity contribution in [3.63, 3.8) is 0 Å². The largest absolute Gasteiger partial charge is 0.291 e. The van der Waals surface area contributed by atoms with E-state index in [0.29, 0.717) is 11.6 Å². The Morgan fingerprint density at radius 3 is 2.73 bits per heavy atom. The van der Waals surface area contributed by atoms with Gasteiger partial charge in [-0.15, -0.1) is 0 Å². The van der Waals surface area contributed by atoms with Crippen LogP contribution in [0.1, 0.15) is 39.5 Å². The van der Waals surface area contributed by atoms with Gasteiger partial charge in [0.2, 0.25) is 0 Å². The lowest BCUT2D eigenvalue weighted by Crippen LogP contribution is -2.07. The maximum absolute atomic E-state index is 8.67. The third-order valence-corrected chi connectivity index (χ3v) is 3.23. The van der Waals surface area contributed by atoms with Crippen LogP contribution in [-0.4, -0.2) is 5.21 Å². The van der Waals surface area contributed by atoms with Gasteiger partial charge in [-0.05, 0) is 39.5 Å². The lowest BCUT2D eigenvalue weighted by molar-refractivity contribution is 0.196. The van der Waals surface area contributed by atoms with E-state index in [0.717, 1.165) is 12.8 Å².